The van der Waals surface area contributed by atoms with Gasteiger partial charge in [0, 0.05) is 43.3 Å². The van der Waals surface area contributed by atoms with Crippen molar-refractivity contribution in [3.05, 3.63) is 42.7 Å². The van der Waals surface area contributed by atoms with Crippen LogP contribution in [0.15, 0.2) is 42.7 Å². The zero-order valence-corrected chi connectivity index (χ0v) is 24.1. The molecule has 1 fully saturated rings. The number of urea groups is 1. The number of amides is 2. The third-order valence-electron chi connectivity index (χ3n) is 6.28. The number of hydrogen-bond donors (Lipinski definition) is 1. The van der Waals surface area contributed by atoms with E-state index in [1.807, 2.05) is 66.9 Å². The number of fused-ring (bicyclic) bond motifs is 1. The molecule has 2 aromatic carbocycles. The van der Waals surface area contributed by atoms with Crippen LogP contribution in [0.3, 0.4) is 0 Å². The third kappa shape index (κ3) is 7.81. The zero-order valence-electron chi connectivity index (χ0n) is 23.3. The number of methoxy groups -OCH3 is 1. The first kappa shape index (κ1) is 28.6. The summed E-state index contributed by atoms with van der Waals surface area (Å²) in [5, 5.41) is 3.89. The second-order valence-electron chi connectivity index (χ2n) is 9.63. The number of nitrogens with zero attached hydrogens (tertiary/aromatic N) is 4. The van der Waals surface area contributed by atoms with Crippen molar-refractivity contribution in [3.8, 4) is 17.2 Å². The highest BCUT2D eigenvalue weighted by Crippen LogP contribution is 2.35. The van der Waals surface area contributed by atoms with Gasteiger partial charge in [0.15, 0.2) is 11.5 Å². The summed E-state index contributed by atoms with van der Waals surface area (Å²) < 4.78 is 17.4. The molecule has 0 unspecified atom stereocenters. The van der Waals surface area contributed by atoms with Crippen LogP contribution < -0.4 is 24.4 Å². The monoisotopic (exact) mass is 553 g/mol. The summed E-state index contributed by atoms with van der Waals surface area (Å²) in [5.41, 5.74) is 1.55. The van der Waals surface area contributed by atoms with E-state index in [9.17, 15) is 4.79 Å². The molecule has 10 heteroatoms. The van der Waals surface area contributed by atoms with Crippen molar-refractivity contribution in [2.24, 2.45) is 0 Å². The number of piperazine rings is 1. The van der Waals surface area contributed by atoms with Crippen molar-refractivity contribution < 1.29 is 19.0 Å². The molecule has 0 aliphatic carbocycles. The number of benzene rings is 2. The van der Waals surface area contributed by atoms with Crippen LogP contribution in [-0.2, 0) is 0 Å². The molecule has 39 heavy (non-hydrogen) atoms. The highest BCUT2D eigenvalue weighted by atomic mass is 32.2. The minimum absolute atomic E-state index is 0.106. The number of anilines is 2. The molecule has 0 spiro atoms. The normalized spacial score (nSPS) is 13.6. The Kier molecular flexibility index (Phi) is 10.4. The first-order valence-corrected chi connectivity index (χ1v) is 14.7. The van der Waals surface area contributed by atoms with Gasteiger partial charge in [0.25, 0.3) is 0 Å². The SMILES string of the molecule is CCCSCCCOc1cc2ncnc(N3CCN(C(=O)Nc4ccc(OC(C)C)cc4)CC3)c2cc1OC. The quantitative estimate of drug-likeness (QED) is 0.286. The molecule has 1 aromatic heterocycles. The molecule has 4 rings (SSSR count). The van der Waals surface area contributed by atoms with Gasteiger partial charge in [-0.25, -0.2) is 14.8 Å². The van der Waals surface area contributed by atoms with E-state index in [1.54, 1.807) is 13.4 Å². The van der Waals surface area contributed by atoms with E-state index >= 15 is 0 Å². The lowest BCUT2D eigenvalue weighted by molar-refractivity contribution is 0.208. The van der Waals surface area contributed by atoms with Gasteiger partial charge in [-0.2, -0.15) is 11.8 Å². The molecule has 0 radical (unpaired) electrons. The highest BCUT2D eigenvalue weighted by Gasteiger charge is 2.24. The van der Waals surface area contributed by atoms with E-state index in [1.165, 1.54) is 12.2 Å². The number of thioether (sulfide) groups is 1. The minimum Gasteiger partial charge on any atom is -0.493 e. The van der Waals surface area contributed by atoms with E-state index in [0.717, 1.165) is 40.3 Å². The van der Waals surface area contributed by atoms with Crippen molar-refractivity contribution in [3.63, 3.8) is 0 Å². The number of hydrogen-bond acceptors (Lipinski definition) is 8. The Morgan fingerprint density at radius 2 is 1.82 bits per heavy atom. The molecule has 3 aromatic rings. The highest BCUT2D eigenvalue weighted by molar-refractivity contribution is 7.99. The molecule has 0 saturated carbocycles. The first-order chi connectivity index (χ1) is 19.0. The molecule has 9 nitrogen and oxygen atoms in total. The van der Waals surface area contributed by atoms with Crippen LogP contribution in [0.4, 0.5) is 16.3 Å². The first-order valence-electron chi connectivity index (χ1n) is 13.6. The predicted octanol–water partition coefficient (Wildman–Crippen LogP) is 5.69. The fourth-order valence-electron chi connectivity index (χ4n) is 4.38. The van der Waals surface area contributed by atoms with Gasteiger partial charge in [-0.1, -0.05) is 6.92 Å². The number of carbonyl (C=O) groups excluding carboxylic acids is 1. The molecule has 210 valence electrons. The number of carbonyl (C=O) groups is 1. The van der Waals surface area contributed by atoms with E-state index in [0.29, 0.717) is 44.3 Å². The summed E-state index contributed by atoms with van der Waals surface area (Å²) in [4.78, 5) is 26.0. The molecule has 1 N–H and O–H groups in total. The van der Waals surface area contributed by atoms with Gasteiger partial charge < -0.3 is 29.3 Å². The lowest BCUT2D eigenvalue weighted by Crippen LogP contribution is -2.50. The van der Waals surface area contributed by atoms with Crippen LogP contribution in [-0.4, -0.2) is 78.4 Å². The van der Waals surface area contributed by atoms with Crippen LogP contribution >= 0.6 is 11.8 Å². The van der Waals surface area contributed by atoms with Gasteiger partial charge in [0.1, 0.15) is 17.9 Å². The van der Waals surface area contributed by atoms with E-state index in [-0.39, 0.29) is 12.1 Å². The molecule has 0 bridgehead atoms. The van der Waals surface area contributed by atoms with Crippen molar-refractivity contribution in [2.45, 2.75) is 39.7 Å². The van der Waals surface area contributed by atoms with E-state index in [2.05, 4.69) is 27.1 Å². The smallest absolute Gasteiger partial charge is 0.321 e. The Labute approximate surface area is 235 Å². The third-order valence-corrected chi connectivity index (χ3v) is 7.56. The average Bonchev–Trinajstić information content (AvgIpc) is 2.95. The minimum atomic E-state index is -0.115. The topological polar surface area (TPSA) is 89.1 Å². The fourth-order valence-corrected chi connectivity index (χ4v) is 5.19. The van der Waals surface area contributed by atoms with Crippen LogP contribution in [0, 0.1) is 0 Å². The van der Waals surface area contributed by atoms with Gasteiger partial charge in [-0.05, 0) is 68.5 Å². The Bertz CT molecular complexity index is 1220. The van der Waals surface area contributed by atoms with Crippen LogP contribution in [0.5, 0.6) is 17.2 Å². The molecular formula is C29H39N5O4S. The molecule has 1 saturated heterocycles. The molecule has 2 heterocycles. The summed E-state index contributed by atoms with van der Waals surface area (Å²) in [6.07, 6.45) is 3.87. The number of ether oxygens (including phenoxy) is 3. The summed E-state index contributed by atoms with van der Waals surface area (Å²) in [6, 6.07) is 11.2. The molecule has 1 aliphatic rings. The Morgan fingerprint density at radius 1 is 1.05 bits per heavy atom. The Morgan fingerprint density at radius 3 is 2.51 bits per heavy atom. The molecule has 0 atom stereocenters. The van der Waals surface area contributed by atoms with Crippen molar-refractivity contribution in [2.75, 3.05) is 61.6 Å². The van der Waals surface area contributed by atoms with E-state index in [4.69, 9.17) is 14.2 Å². The maximum Gasteiger partial charge on any atom is 0.321 e. The summed E-state index contributed by atoms with van der Waals surface area (Å²) in [6.45, 7) is 9.29. The van der Waals surface area contributed by atoms with Gasteiger partial charge in [-0.15, -0.1) is 0 Å². The summed E-state index contributed by atoms with van der Waals surface area (Å²) in [7, 11) is 1.65. The molecular weight excluding hydrogens is 514 g/mol. The van der Waals surface area contributed by atoms with Crippen molar-refractivity contribution in [1.82, 2.24) is 14.9 Å². The van der Waals surface area contributed by atoms with Crippen molar-refractivity contribution in [1.29, 1.82) is 0 Å². The van der Waals surface area contributed by atoms with Crippen molar-refractivity contribution >= 4 is 40.2 Å². The fraction of sp³-hybridized carbons (Fsp3) is 0.483. The maximum atomic E-state index is 12.9. The standard InChI is InChI=1S/C29H39N5O4S/c1-5-16-39-17-6-15-37-27-19-25-24(18-26(27)36-4)28(31-20-30-25)33-11-13-34(14-12-33)29(35)32-22-7-9-23(10-8-22)38-21(2)3/h7-10,18-21H,5-6,11-17H2,1-4H3,(H,32,35). The van der Waals surface area contributed by atoms with Gasteiger partial charge >= 0.3 is 6.03 Å². The Hall–Kier alpha value is -3.40. The molecule has 2 amide bonds. The van der Waals surface area contributed by atoms with Gasteiger partial charge in [0.2, 0.25) is 0 Å². The zero-order chi connectivity index (χ0) is 27.6. The average molecular weight is 554 g/mol. The van der Waals surface area contributed by atoms with Gasteiger partial charge in [-0.3, -0.25) is 0 Å². The van der Waals surface area contributed by atoms with E-state index < -0.39 is 0 Å². The number of nitrogens with one attached hydrogen (secondary N) is 1. The number of rotatable bonds is 12. The second-order valence-corrected chi connectivity index (χ2v) is 10.9. The molecule has 1 aliphatic heterocycles. The van der Waals surface area contributed by atoms with Crippen LogP contribution in [0.25, 0.3) is 10.9 Å². The van der Waals surface area contributed by atoms with Crippen LogP contribution in [0.2, 0.25) is 0 Å². The predicted molar refractivity (Wildman–Crippen MR) is 159 cm³/mol. The summed E-state index contributed by atoms with van der Waals surface area (Å²) in [5.74, 6) is 5.25. The Balaban J connectivity index is 1.36. The lowest BCUT2D eigenvalue weighted by Gasteiger charge is -2.35. The lowest BCUT2D eigenvalue weighted by atomic mass is 10.2. The number of aromatic nitrogens is 2. The summed E-state index contributed by atoms with van der Waals surface area (Å²) >= 11 is 1.95. The van der Waals surface area contributed by atoms with Gasteiger partial charge in [0.05, 0.1) is 25.3 Å². The second kappa shape index (κ2) is 14.1. The maximum absolute atomic E-state index is 12.9. The van der Waals surface area contributed by atoms with Crippen LogP contribution in [0.1, 0.15) is 33.6 Å². The largest absolute Gasteiger partial charge is 0.493 e.